The molecule has 2 heteroatoms. The van der Waals surface area contributed by atoms with Gasteiger partial charge in [0.25, 0.3) is 0 Å². The van der Waals surface area contributed by atoms with Crippen LogP contribution in [-0.4, -0.2) is 10.9 Å². The zero-order valence-electron chi connectivity index (χ0n) is 10.4. The molecule has 0 amide bonds. The Labute approximate surface area is 103 Å². The van der Waals surface area contributed by atoms with Crippen LogP contribution in [0.15, 0.2) is 29.2 Å². The minimum absolute atomic E-state index is 0.311. The molecule has 2 atom stereocenters. The van der Waals surface area contributed by atoms with Gasteiger partial charge in [-0.15, -0.1) is 11.8 Å². The second-order valence-electron chi connectivity index (χ2n) is 4.32. The topological polar surface area (TPSA) is 20.2 Å². The molecule has 0 radical (unpaired) electrons. The number of aliphatic hydroxyl groups excluding tert-OH is 1. The van der Waals surface area contributed by atoms with Crippen molar-refractivity contribution in [2.45, 2.75) is 44.6 Å². The average Bonchev–Trinajstić information content (AvgIpc) is 2.35. The molecule has 1 N–H and O–H groups in total. The summed E-state index contributed by atoms with van der Waals surface area (Å²) in [5.74, 6) is 1.94. The van der Waals surface area contributed by atoms with Gasteiger partial charge in [0, 0.05) is 10.6 Å². The van der Waals surface area contributed by atoms with Gasteiger partial charge in [0.1, 0.15) is 0 Å². The summed E-state index contributed by atoms with van der Waals surface area (Å²) in [6.45, 7) is 6.50. The Bertz CT molecular complexity index is 294. The van der Waals surface area contributed by atoms with Gasteiger partial charge in [-0.1, -0.05) is 39.3 Å². The monoisotopic (exact) mass is 238 g/mol. The summed E-state index contributed by atoms with van der Waals surface area (Å²) in [5.41, 5.74) is 1.02. The highest BCUT2D eigenvalue weighted by atomic mass is 32.2. The number of aliphatic hydroxyl groups is 1. The Morgan fingerprint density at radius 3 is 2.25 bits per heavy atom. The van der Waals surface area contributed by atoms with Crippen molar-refractivity contribution in [3.63, 3.8) is 0 Å². The summed E-state index contributed by atoms with van der Waals surface area (Å²) in [6, 6.07) is 8.29. The van der Waals surface area contributed by atoms with E-state index in [4.69, 9.17) is 0 Å². The molecule has 1 aromatic rings. The van der Waals surface area contributed by atoms with Gasteiger partial charge in [-0.25, -0.2) is 0 Å². The summed E-state index contributed by atoms with van der Waals surface area (Å²) in [7, 11) is 0. The molecule has 2 unspecified atom stereocenters. The Balaban J connectivity index is 2.51. The molecular weight excluding hydrogens is 216 g/mol. The van der Waals surface area contributed by atoms with Crippen molar-refractivity contribution in [2.24, 2.45) is 5.92 Å². The average molecular weight is 238 g/mol. The maximum atomic E-state index is 9.67. The quantitative estimate of drug-likeness (QED) is 0.747. The lowest BCUT2D eigenvalue weighted by Gasteiger charge is -2.10. The summed E-state index contributed by atoms with van der Waals surface area (Å²) in [6.07, 6.45) is 1.70. The molecule has 1 aromatic carbocycles. The van der Waals surface area contributed by atoms with Crippen molar-refractivity contribution >= 4 is 11.8 Å². The summed E-state index contributed by atoms with van der Waals surface area (Å²) >= 11 is 1.90. The van der Waals surface area contributed by atoms with E-state index in [1.54, 1.807) is 0 Å². The lowest BCUT2D eigenvalue weighted by molar-refractivity contribution is 0.173. The first-order valence-corrected chi connectivity index (χ1v) is 7.06. The van der Waals surface area contributed by atoms with Gasteiger partial charge in [-0.05, 0) is 30.0 Å². The lowest BCUT2D eigenvalue weighted by atomic mass is 10.1. The van der Waals surface area contributed by atoms with Crippen LogP contribution in [0.5, 0.6) is 0 Å². The number of thioether (sulfide) groups is 1. The van der Waals surface area contributed by atoms with Crippen LogP contribution in [0.4, 0.5) is 0 Å². The molecule has 0 saturated carbocycles. The highest BCUT2D eigenvalue weighted by Gasteiger charge is 2.05. The normalized spacial score (nSPS) is 14.8. The SMILES string of the molecule is CCC(C)CSc1ccc(C(O)CC)cc1. The van der Waals surface area contributed by atoms with Crippen LogP contribution in [0.2, 0.25) is 0 Å². The van der Waals surface area contributed by atoms with E-state index < -0.39 is 0 Å². The molecule has 90 valence electrons. The van der Waals surface area contributed by atoms with Crippen LogP contribution in [0.25, 0.3) is 0 Å². The molecule has 16 heavy (non-hydrogen) atoms. The summed E-state index contributed by atoms with van der Waals surface area (Å²) in [4.78, 5) is 1.30. The third kappa shape index (κ3) is 4.18. The smallest absolute Gasteiger partial charge is 0.0787 e. The van der Waals surface area contributed by atoms with Crippen LogP contribution in [0.1, 0.15) is 45.3 Å². The van der Waals surface area contributed by atoms with Gasteiger partial charge in [0.05, 0.1) is 6.10 Å². The molecule has 1 nitrogen and oxygen atoms in total. The first-order valence-electron chi connectivity index (χ1n) is 6.08. The van der Waals surface area contributed by atoms with E-state index in [-0.39, 0.29) is 6.10 Å². The lowest BCUT2D eigenvalue weighted by Crippen LogP contribution is -1.96. The van der Waals surface area contributed by atoms with Crippen molar-refractivity contribution in [3.8, 4) is 0 Å². The Kier molecular flexibility index (Phi) is 5.93. The van der Waals surface area contributed by atoms with Crippen molar-refractivity contribution in [2.75, 3.05) is 5.75 Å². The van der Waals surface area contributed by atoms with Crippen LogP contribution < -0.4 is 0 Å². The van der Waals surface area contributed by atoms with Gasteiger partial charge in [0.15, 0.2) is 0 Å². The number of hydrogen-bond acceptors (Lipinski definition) is 2. The van der Waals surface area contributed by atoms with Crippen molar-refractivity contribution < 1.29 is 5.11 Å². The predicted octanol–water partition coefficient (Wildman–Crippen LogP) is 4.27. The maximum Gasteiger partial charge on any atom is 0.0787 e. The van der Waals surface area contributed by atoms with Crippen LogP contribution in [0, 0.1) is 5.92 Å². The molecule has 0 aromatic heterocycles. The molecule has 0 fully saturated rings. The van der Waals surface area contributed by atoms with Gasteiger partial charge in [0.2, 0.25) is 0 Å². The minimum Gasteiger partial charge on any atom is -0.388 e. The number of rotatable bonds is 6. The molecule has 0 saturated heterocycles. The van der Waals surface area contributed by atoms with Crippen molar-refractivity contribution in [1.82, 2.24) is 0 Å². The molecule has 0 aliphatic carbocycles. The van der Waals surface area contributed by atoms with Crippen LogP contribution in [-0.2, 0) is 0 Å². The molecule has 0 spiro atoms. The first-order chi connectivity index (χ1) is 7.67. The third-order valence-corrected chi connectivity index (χ3v) is 4.22. The Morgan fingerprint density at radius 2 is 1.75 bits per heavy atom. The largest absolute Gasteiger partial charge is 0.388 e. The fourth-order valence-electron chi connectivity index (χ4n) is 1.38. The Morgan fingerprint density at radius 1 is 1.12 bits per heavy atom. The number of hydrogen-bond donors (Lipinski definition) is 1. The number of benzene rings is 1. The summed E-state index contributed by atoms with van der Waals surface area (Å²) < 4.78 is 0. The van der Waals surface area contributed by atoms with E-state index in [0.717, 1.165) is 17.9 Å². The first kappa shape index (κ1) is 13.6. The third-order valence-electron chi connectivity index (χ3n) is 2.88. The fraction of sp³-hybridized carbons (Fsp3) is 0.571. The molecule has 0 aliphatic rings. The van der Waals surface area contributed by atoms with E-state index in [9.17, 15) is 5.11 Å². The fourth-order valence-corrected chi connectivity index (χ4v) is 2.42. The van der Waals surface area contributed by atoms with E-state index in [1.807, 2.05) is 30.8 Å². The van der Waals surface area contributed by atoms with Gasteiger partial charge in [-0.2, -0.15) is 0 Å². The van der Waals surface area contributed by atoms with Crippen LogP contribution >= 0.6 is 11.8 Å². The molecule has 0 bridgehead atoms. The predicted molar refractivity (Wildman–Crippen MR) is 71.9 cm³/mol. The highest BCUT2D eigenvalue weighted by molar-refractivity contribution is 7.99. The zero-order chi connectivity index (χ0) is 12.0. The summed E-state index contributed by atoms with van der Waals surface area (Å²) in [5, 5.41) is 9.67. The molecular formula is C14H22OS. The standard InChI is InChI=1S/C14H22OS/c1-4-11(3)10-16-13-8-6-12(7-9-13)14(15)5-2/h6-9,11,14-15H,4-5,10H2,1-3H3. The maximum absolute atomic E-state index is 9.67. The molecule has 0 heterocycles. The van der Waals surface area contributed by atoms with Crippen LogP contribution in [0.3, 0.4) is 0 Å². The van der Waals surface area contributed by atoms with Gasteiger partial charge < -0.3 is 5.11 Å². The highest BCUT2D eigenvalue weighted by Crippen LogP contribution is 2.24. The van der Waals surface area contributed by atoms with E-state index in [1.165, 1.54) is 17.1 Å². The van der Waals surface area contributed by atoms with E-state index in [0.29, 0.717) is 0 Å². The Hall–Kier alpha value is -0.470. The second-order valence-corrected chi connectivity index (χ2v) is 5.41. The second kappa shape index (κ2) is 6.97. The minimum atomic E-state index is -0.311. The van der Waals surface area contributed by atoms with Gasteiger partial charge >= 0.3 is 0 Å². The van der Waals surface area contributed by atoms with Crippen molar-refractivity contribution in [1.29, 1.82) is 0 Å². The molecule has 0 aliphatic heterocycles. The zero-order valence-corrected chi connectivity index (χ0v) is 11.3. The van der Waals surface area contributed by atoms with E-state index >= 15 is 0 Å². The van der Waals surface area contributed by atoms with Crippen molar-refractivity contribution in [3.05, 3.63) is 29.8 Å². The van der Waals surface area contributed by atoms with E-state index in [2.05, 4.69) is 26.0 Å². The van der Waals surface area contributed by atoms with Gasteiger partial charge in [-0.3, -0.25) is 0 Å². The molecule has 1 rings (SSSR count).